The Balaban J connectivity index is 1.70. The zero-order valence-electron chi connectivity index (χ0n) is 20.6. The van der Waals surface area contributed by atoms with E-state index in [1.807, 2.05) is 0 Å². The molecule has 216 valence electrons. The van der Waals surface area contributed by atoms with Gasteiger partial charge in [-0.2, -0.15) is 30.6 Å². The van der Waals surface area contributed by atoms with Crippen molar-refractivity contribution in [3.8, 4) is 5.75 Å². The van der Waals surface area contributed by atoms with Crippen LogP contribution in [0.1, 0.15) is 11.1 Å². The molecule has 0 radical (unpaired) electrons. The number of rotatable bonds is 6. The molecule has 3 aromatic rings. The van der Waals surface area contributed by atoms with Gasteiger partial charge in [0.05, 0.1) is 4.90 Å². The van der Waals surface area contributed by atoms with Gasteiger partial charge in [-0.05, 0) is 42.3 Å². The van der Waals surface area contributed by atoms with Crippen molar-refractivity contribution < 1.29 is 45.0 Å². The Bertz CT molecular complexity index is 1450. The Morgan fingerprint density at radius 3 is 2.00 bits per heavy atom. The van der Waals surface area contributed by atoms with Crippen LogP contribution in [-0.4, -0.2) is 61.0 Å². The number of thiol groups is 1. The minimum absolute atomic E-state index is 0.0176. The number of nitrogens with zero attached hydrogens (tertiary/aromatic N) is 2. The highest BCUT2D eigenvalue weighted by molar-refractivity contribution is 7.90. The predicted octanol–water partition coefficient (Wildman–Crippen LogP) is 5.12. The Morgan fingerprint density at radius 2 is 1.43 bits per heavy atom. The Morgan fingerprint density at radius 1 is 0.850 bits per heavy atom. The molecule has 1 fully saturated rings. The van der Waals surface area contributed by atoms with Gasteiger partial charge in [0, 0.05) is 41.8 Å². The summed E-state index contributed by atoms with van der Waals surface area (Å²) in [5.41, 5.74) is -5.80. The lowest BCUT2D eigenvalue weighted by Crippen LogP contribution is -2.56. The predicted molar refractivity (Wildman–Crippen MR) is 138 cm³/mol. The van der Waals surface area contributed by atoms with Gasteiger partial charge in [-0.1, -0.05) is 42.5 Å². The summed E-state index contributed by atoms with van der Waals surface area (Å²) in [7, 11) is -4.01. The Labute approximate surface area is 231 Å². The second kappa shape index (κ2) is 10.8. The number of halogens is 6. The number of piperazine rings is 1. The first-order valence-electron chi connectivity index (χ1n) is 11.9. The van der Waals surface area contributed by atoms with E-state index in [0.717, 1.165) is 12.1 Å². The van der Waals surface area contributed by atoms with Crippen molar-refractivity contribution in [3.05, 3.63) is 83.9 Å². The molecule has 0 spiro atoms. The summed E-state index contributed by atoms with van der Waals surface area (Å²) in [6, 6.07) is 14.9. The molecule has 40 heavy (non-hydrogen) atoms. The van der Waals surface area contributed by atoms with Crippen LogP contribution in [0.5, 0.6) is 5.75 Å². The third kappa shape index (κ3) is 5.49. The lowest BCUT2D eigenvalue weighted by atomic mass is 9.92. The van der Waals surface area contributed by atoms with Gasteiger partial charge < -0.3 is 15.1 Å². The van der Waals surface area contributed by atoms with Gasteiger partial charge in [-0.3, -0.25) is 0 Å². The number of aliphatic hydroxyl groups is 1. The second-order valence-electron chi connectivity index (χ2n) is 9.26. The number of benzene rings is 3. The van der Waals surface area contributed by atoms with E-state index < -0.39 is 39.6 Å². The highest BCUT2D eigenvalue weighted by Crippen LogP contribution is 2.50. The average Bonchev–Trinajstić information content (AvgIpc) is 2.88. The normalized spacial score (nSPS) is 17.7. The van der Waals surface area contributed by atoms with Crippen molar-refractivity contribution in [1.82, 2.24) is 4.31 Å². The van der Waals surface area contributed by atoms with Crippen molar-refractivity contribution >= 4 is 28.3 Å². The van der Waals surface area contributed by atoms with Gasteiger partial charge in [-0.25, -0.2) is 8.42 Å². The van der Waals surface area contributed by atoms with Gasteiger partial charge in [0.25, 0.3) is 5.60 Å². The molecule has 0 bridgehead atoms. The standard InChI is InChI=1S/C26H24F6N2O4S2/c27-25(28,29)24(36,26(30,31)32)18-9-11-19(12-10-18)34-14-13-33(40(37,38)23-8-4-3-7-22(23)39)16-20(34)15-17-5-1-2-6-21(17)35/h1-12,20,35-36,39H,13-16H2/t20-/m1/s1. The number of phenolic OH excluding ortho intramolecular Hbond substituents is 1. The molecule has 0 amide bonds. The van der Waals surface area contributed by atoms with Crippen LogP contribution in [0.15, 0.2) is 82.6 Å². The molecule has 3 aromatic carbocycles. The fraction of sp³-hybridized carbons (Fsp3) is 0.308. The average molecular weight is 607 g/mol. The van der Waals surface area contributed by atoms with E-state index in [2.05, 4.69) is 12.6 Å². The quantitative estimate of drug-likeness (QED) is 0.268. The first-order valence-corrected chi connectivity index (χ1v) is 13.7. The smallest absolute Gasteiger partial charge is 0.430 e. The van der Waals surface area contributed by atoms with Crippen molar-refractivity contribution in [2.45, 2.75) is 40.2 Å². The Kier molecular flexibility index (Phi) is 8.11. The van der Waals surface area contributed by atoms with E-state index in [1.165, 1.54) is 22.5 Å². The molecule has 0 saturated carbocycles. The molecule has 2 N–H and O–H groups in total. The van der Waals surface area contributed by atoms with Crippen LogP contribution in [0.25, 0.3) is 0 Å². The minimum Gasteiger partial charge on any atom is -0.508 e. The van der Waals surface area contributed by atoms with Gasteiger partial charge in [-0.15, -0.1) is 12.6 Å². The van der Waals surface area contributed by atoms with Crippen LogP contribution in [0.4, 0.5) is 32.0 Å². The molecule has 1 aliphatic heterocycles. The molecule has 14 heteroatoms. The minimum atomic E-state index is -6.02. The van der Waals surface area contributed by atoms with Crippen LogP contribution in [0.3, 0.4) is 0 Å². The van der Waals surface area contributed by atoms with Crippen molar-refractivity contribution in [2.24, 2.45) is 0 Å². The van der Waals surface area contributed by atoms with E-state index >= 15 is 0 Å². The summed E-state index contributed by atoms with van der Waals surface area (Å²) < 4.78 is 108. The number of para-hydroxylation sites is 1. The van der Waals surface area contributed by atoms with Crippen LogP contribution in [0, 0.1) is 0 Å². The van der Waals surface area contributed by atoms with Gasteiger partial charge in [0.1, 0.15) is 5.75 Å². The van der Waals surface area contributed by atoms with Crippen molar-refractivity contribution in [3.63, 3.8) is 0 Å². The summed E-state index contributed by atoms with van der Waals surface area (Å²) in [4.78, 5) is 1.87. The summed E-state index contributed by atoms with van der Waals surface area (Å²) in [6.45, 7) is -0.109. The van der Waals surface area contributed by atoms with Gasteiger partial charge in [0.2, 0.25) is 10.0 Å². The second-order valence-corrected chi connectivity index (χ2v) is 11.7. The molecule has 1 heterocycles. The van der Waals surface area contributed by atoms with Crippen LogP contribution in [0.2, 0.25) is 0 Å². The third-order valence-corrected chi connectivity index (χ3v) is 9.28. The zero-order valence-corrected chi connectivity index (χ0v) is 22.3. The maximum atomic E-state index is 13.4. The number of sulfonamides is 1. The number of hydrogen-bond acceptors (Lipinski definition) is 6. The highest BCUT2D eigenvalue weighted by atomic mass is 32.2. The van der Waals surface area contributed by atoms with E-state index in [0.29, 0.717) is 17.7 Å². The summed E-state index contributed by atoms with van der Waals surface area (Å²) in [5.74, 6) is -0.0566. The van der Waals surface area contributed by atoms with E-state index in [9.17, 15) is 45.0 Å². The first-order chi connectivity index (χ1) is 18.6. The number of phenols is 1. The zero-order chi connectivity index (χ0) is 29.5. The van der Waals surface area contributed by atoms with Crippen LogP contribution >= 0.6 is 12.6 Å². The number of aromatic hydroxyl groups is 1. The summed E-state index contributed by atoms with van der Waals surface area (Å²) in [6.07, 6.45) is -11.9. The highest BCUT2D eigenvalue weighted by Gasteiger charge is 2.71. The Hall–Kier alpha value is -2.94. The molecule has 0 aromatic heterocycles. The maximum absolute atomic E-state index is 13.4. The molecule has 0 unspecified atom stereocenters. The molecular weight excluding hydrogens is 582 g/mol. The summed E-state index contributed by atoms with van der Waals surface area (Å²) in [5, 5.41) is 20.0. The molecule has 1 atom stereocenters. The number of hydrogen-bond donors (Lipinski definition) is 3. The van der Waals surface area contributed by atoms with Crippen LogP contribution in [-0.2, 0) is 22.0 Å². The molecule has 1 saturated heterocycles. The molecule has 4 rings (SSSR count). The third-order valence-electron chi connectivity index (χ3n) is 6.81. The lowest BCUT2D eigenvalue weighted by molar-refractivity contribution is -0.376. The molecule has 0 aliphatic carbocycles. The fourth-order valence-corrected chi connectivity index (χ4v) is 6.75. The summed E-state index contributed by atoms with van der Waals surface area (Å²) >= 11 is 4.25. The SMILES string of the molecule is O=S(=O)(c1ccccc1S)N1CCN(c2ccc(C(O)(C(F)(F)F)C(F)(F)F)cc2)[C@H](Cc2ccccc2O)C1. The topological polar surface area (TPSA) is 81.1 Å². The lowest BCUT2D eigenvalue weighted by Gasteiger charge is -2.42. The van der Waals surface area contributed by atoms with Gasteiger partial charge >= 0.3 is 12.4 Å². The monoisotopic (exact) mass is 606 g/mol. The van der Waals surface area contributed by atoms with E-state index in [-0.39, 0.29) is 47.3 Å². The molecule has 6 nitrogen and oxygen atoms in total. The first kappa shape index (κ1) is 30.0. The fourth-order valence-electron chi connectivity index (χ4n) is 4.69. The molecular formula is C26H24F6N2O4S2. The number of alkyl halides is 6. The van der Waals surface area contributed by atoms with Gasteiger partial charge in [0.15, 0.2) is 0 Å². The van der Waals surface area contributed by atoms with E-state index in [1.54, 1.807) is 35.2 Å². The number of anilines is 1. The maximum Gasteiger partial charge on any atom is 0.430 e. The van der Waals surface area contributed by atoms with E-state index in [4.69, 9.17) is 0 Å². The largest absolute Gasteiger partial charge is 0.508 e. The molecule has 1 aliphatic rings. The van der Waals surface area contributed by atoms with Crippen molar-refractivity contribution in [2.75, 3.05) is 24.5 Å². The van der Waals surface area contributed by atoms with Crippen molar-refractivity contribution in [1.29, 1.82) is 0 Å². The van der Waals surface area contributed by atoms with Crippen LogP contribution < -0.4 is 4.90 Å².